The highest BCUT2D eigenvalue weighted by molar-refractivity contribution is 7.99. The first-order valence-electron chi connectivity index (χ1n) is 6.11. The highest BCUT2D eigenvalue weighted by Gasteiger charge is 2.16. The van der Waals surface area contributed by atoms with Crippen molar-refractivity contribution in [3.05, 3.63) is 36.0 Å². The SMILES string of the molecule is O=C(NO)c1ccnnc1Sc1ccc2c(c1)OCCO2. The molecule has 8 heteroatoms. The van der Waals surface area contributed by atoms with Gasteiger partial charge < -0.3 is 9.47 Å². The summed E-state index contributed by atoms with van der Waals surface area (Å²) in [6.45, 7) is 1.04. The summed E-state index contributed by atoms with van der Waals surface area (Å²) in [4.78, 5) is 12.4. The lowest BCUT2D eigenvalue weighted by Gasteiger charge is -2.18. The molecule has 1 aromatic heterocycles. The molecular weight excluding hydrogens is 294 g/mol. The van der Waals surface area contributed by atoms with Gasteiger partial charge in [-0.25, -0.2) is 5.48 Å². The van der Waals surface area contributed by atoms with Crippen molar-refractivity contribution >= 4 is 17.7 Å². The molecule has 7 nitrogen and oxygen atoms in total. The Balaban J connectivity index is 1.89. The van der Waals surface area contributed by atoms with Crippen LogP contribution in [0.5, 0.6) is 11.5 Å². The van der Waals surface area contributed by atoms with E-state index in [9.17, 15) is 4.79 Å². The standard InChI is InChI=1S/C13H11N3O4S/c17-12(16-18)9-3-4-14-15-13(9)21-8-1-2-10-11(7-8)20-6-5-19-10/h1-4,7,18H,5-6H2,(H,16,17). The third-order valence-corrected chi connectivity index (χ3v) is 3.75. The van der Waals surface area contributed by atoms with Gasteiger partial charge in [-0.05, 0) is 24.3 Å². The van der Waals surface area contributed by atoms with E-state index >= 15 is 0 Å². The van der Waals surface area contributed by atoms with Crippen LogP contribution >= 0.6 is 11.8 Å². The second-order valence-electron chi connectivity index (χ2n) is 4.10. The van der Waals surface area contributed by atoms with E-state index in [0.717, 1.165) is 4.90 Å². The predicted octanol–water partition coefficient (Wildman–Crippen LogP) is 1.52. The van der Waals surface area contributed by atoms with Gasteiger partial charge >= 0.3 is 0 Å². The Morgan fingerprint density at radius 1 is 1.24 bits per heavy atom. The largest absolute Gasteiger partial charge is 0.486 e. The minimum absolute atomic E-state index is 0.243. The Hall–Kier alpha value is -2.32. The minimum atomic E-state index is -0.634. The highest BCUT2D eigenvalue weighted by atomic mass is 32.2. The van der Waals surface area contributed by atoms with Crippen LogP contribution in [0.2, 0.25) is 0 Å². The van der Waals surface area contributed by atoms with Gasteiger partial charge in [0.15, 0.2) is 11.5 Å². The van der Waals surface area contributed by atoms with E-state index in [4.69, 9.17) is 14.7 Å². The van der Waals surface area contributed by atoms with E-state index in [-0.39, 0.29) is 5.56 Å². The molecular formula is C13H11N3O4S. The molecule has 0 saturated heterocycles. The number of carbonyl (C=O) groups excluding carboxylic acids is 1. The topological polar surface area (TPSA) is 93.6 Å². The summed E-state index contributed by atoms with van der Waals surface area (Å²) in [6, 6.07) is 6.94. The number of ether oxygens (including phenoxy) is 2. The number of benzene rings is 1. The normalized spacial score (nSPS) is 12.8. The molecule has 1 aliphatic heterocycles. The van der Waals surface area contributed by atoms with Crippen molar-refractivity contribution in [2.24, 2.45) is 0 Å². The van der Waals surface area contributed by atoms with Crippen LogP contribution in [0.4, 0.5) is 0 Å². The van der Waals surface area contributed by atoms with Crippen LogP contribution in [0, 0.1) is 0 Å². The molecule has 1 aliphatic rings. The Morgan fingerprint density at radius 3 is 2.86 bits per heavy atom. The first-order chi connectivity index (χ1) is 10.3. The number of nitrogens with zero attached hydrogens (tertiary/aromatic N) is 2. The van der Waals surface area contributed by atoms with Gasteiger partial charge in [-0.2, -0.15) is 5.10 Å². The van der Waals surface area contributed by atoms with Gasteiger partial charge in [0.05, 0.1) is 11.8 Å². The van der Waals surface area contributed by atoms with Crippen LogP contribution in [0.15, 0.2) is 40.4 Å². The van der Waals surface area contributed by atoms with Crippen molar-refractivity contribution in [1.29, 1.82) is 0 Å². The van der Waals surface area contributed by atoms with E-state index < -0.39 is 5.91 Å². The van der Waals surface area contributed by atoms with Crippen molar-refractivity contribution in [2.45, 2.75) is 9.92 Å². The molecule has 21 heavy (non-hydrogen) atoms. The average molecular weight is 305 g/mol. The number of hydrogen-bond donors (Lipinski definition) is 2. The summed E-state index contributed by atoms with van der Waals surface area (Å²) in [7, 11) is 0. The maximum absolute atomic E-state index is 11.6. The molecule has 2 N–H and O–H groups in total. The fraction of sp³-hybridized carbons (Fsp3) is 0.154. The predicted molar refractivity (Wildman–Crippen MR) is 72.8 cm³/mol. The number of carbonyl (C=O) groups is 1. The molecule has 108 valence electrons. The summed E-state index contributed by atoms with van der Waals surface area (Å²) in [5.74, 6) is 0.714. The Morgan fingerprint density at radius 2 is 2.05 bits per heavy atom. The van der Waals surface area contributed by atoms with E-state index in [1.165, 1.54) is 24.0 Å². The van der Waals surface area contributed by atoms with E-state index in [1.807, 2.05) is 12.1 Å². The fourth-order valence-electron chi connectivity index (χ4n) is 1.83. The third kappa shape index (κ3) is 2.91. The van der Waals surface area contributed by atoms with Crippen molar-refractivity contribution in [3.8, 4) is 11.5 Å². The molecule has 0 fully saturated rings. The Bertz CT molecular complexity index is 680. The van der Waals surface area contributed by atoms with Crippen LogP contribution in [0.25, 0.3) is 0 Å². The monoisotopic (exact) mass is 305 g/mol. The Kier molecular flexibility index (Phi) is 3.89. The highest BCUT2D eigenvalue weighted by Crippen LogP contribution is 2.36. The molecule has 0 spiro atoms. The Labute approximate surface area is 124 Å². The lowest BCUT2D eigenvalue weighted by molar-refractivity contribution is 0.0702. The smallest absolute Gasteiger partial charge is 0.277 e. The number of amides is 1. The number of hydroxylamine groups is 1. The maximum atomic E-state index is 11.6. The molecule has 2 heterocycles. The molecule has 0 radical (unpaired) electrons. The number of rotatable bonds is 3. The van der Waals surface area contributed by atoms with Crippen LogP contribution in [-0.4, -0.2) is 34.5 Å². The molecule has 0 aliphatic carbocycles. The first kappa shape index (κ1) is 13.7. The van der Waals surface area contributed by atoms with Gasteiger partial charge in [0.25, 0.3) is 5.91 Å². The average Bonchev–Trinajstić information content (AvgIpc) is 2.54. The molecule has 0 unspecified atom stereocenters. The third-order valence-electron chi connectivity index (χ3n) is 2.76. The summed E-state index contributed by atoms with van der Waals surface area (Å²) in [5, 5.41) is 16.8. The number of fused-ring (bicyclic) bond motifs is 1. The molecule has 0 bridgehead atoms. The maximum Gasteiger partial charge on any atom is 0.277 e. The van der Waals surface area contributed by atoms with Gasteiger partial charge in [0.2, 0.25) is 0 Å². The molecule has 1 aromatic carbocycles. The number of aromatic nitrogens is 2. The second-order valence-corrected chi connectivity index (χ2v) is 5.16. The van der Waals surface area contributed by atoms with Crippen molar-refractivity contribution < 1.29 is 19.5 Å². The van der Waals surface area contributed by atoms with Gasteiger partial charge in [-0.3, -0.25) is 10.0 Å². The van der Waals surface area contributed by atoms with E-state index in [2.05, 4.69) is 10.2 Å². The van der Waals surface area contributed by atoms with Crippen molar-refractivity contribution in [1.82, 2.24) is 15.7 Å². The van der Waals surface area contributed by atoms with Gasteiger partial charge in [-0.15, -0.1) is 5.10 Å². The van der Waals surface area contributed by atoms with E-state index in [1.54, 1.807) is 11.5 Å². The second kappa shape index (κ2) is 5.98. The van der Waals surface area contributed by atoms with Gasteiger partial charge in [-0.1, -0.05) is 11.8 Å². The zero-order valence-corrected chi connectivity index (χ0v) is 11.6. The summed E-state index contributed by atoms with van der Waals surface area (Å²) in [6.07, 6.45) is 1.39. The van der Waals surface area contributed by atoms with Crippen LogP contribution < -0.4 is 15.0 Å². The lowest BCUT2D eigenvalue weighted by Crippen LogP contribution is -2.20. The van der Waals surface area contributed by atoms with Crippen molar-refractivity contribution in [3.63, 3.8) is 0 Å². The summed E-state index contributed by atoms with van der Waals surface area (Å²) < 4.78 is 11.0. The lowest BCUT2D eigenvalue weighted by atomic mass is 10.3. The number of hydrogen-bond acceptors (Lipinski definition) is 7. The minimum Gasteiger partial charge on any atom is -0.486 e. The molecule has 2 aromatic rings. The van der Waals surface area contributed by atoms with Crippen molar-refractivity contribution in [2.75, 3.05) is 13.2 Å². The van der Waals surface area contributed by atoms with Gasteiger partial charge in [0, 0.05) is 4.90 Å². The first-order valence-corrected chi connectivity index (χ1v) is 6.93. The molecule has 3 rings (SSSR count). The van der Waals surface area contributed by atoms with Crippen LogP contribution in [0.3, 0.4) is 0 Å². The van der Waals surface area contributed by atoms with E-state index in [0.29, 0.717) is 29.7 Å². The summed E-state index contributed by atoms with van der Waals surface area (Å²) >= 11 is 1.25. The molecule has 0 saturated carbocycles. The van der Waals surface area contributed by atoms with Gasteiger partial charge in [0.1, 0.15) is 18.2 Å². The molecule has 0 atom stereocenters. The van der Waals surface area contributed by atoms with Crippen LogP contribution in [0.1, 0.15) is 10.4 Å². The summed E-state index contributed by atoms with van der Waals surface area (Å²) in [5.41, 5.74) is 1.84. The molecule has 1 amide bonds. The van der Waals surface area contributed by atoms with Crippen LogP contribution in [-0.2, 0) is 0 Å². The fourth-order valence-corrected chi connectivity index (χ4v) is 2.71. The quantitative estimate of drug-likeness (QED) is 0.656. The number of nitrogens with one attached hydrogen (secondary N) is 1. The zero-order chi connectivity index (χ0) is 14.7. The zero-order valence-electron chi connectivity index (χ0n) is 10.8.